The van der Waals surface area contributed by atoms with Gasteiger partial charge in [0.15, 0.2) is 0 Å². The summed E-state index contributed by atoms with van der Waals surface area (Å²) < 4.78 is 17.4. The third-order valence-corrected chi connectivity index (χ3v) is 3.48. The van der Waals surface area contributed by atoms with E-state index in [0.29, 0.717) is 11.0 Å². The molecule has 2 amide bonds. The zero-order chi connectivity index (χ0) is 17.4. The molecule has 9 heteroatoms. The van der Waals surface area contributed by atoms with Crippen LogP contribution in [-0.4, -0.2) is 39.5 Å². The van der Waals surface area contributed by atoms with Gasteiger partial charge in [0.25, 0.3) is 0 Å². The van der Waals surface area contributed by atoms with Crippen LogP contribution in [0.1, 0.15) is 18.3 Å². The number of aromatic nitrogens is 3. The van der Waals surface area contributed by atoms with E-state index in [1.807, 2.05) is 0 Å². The summed E-state index contributed by atoms with van der Waals surface area (Å²) in [6, 6.07) is 6.00. The lowest BCUT2D eigenvalue weighted by molar-refractivity contribution is -0.117. The van der Waals surface area contributed by atoms with Crippen LogP contribution in [-0.2, 0) is 9.53 Å². The largest absolute Gasteiger partial charge is 0.450 e. The minimum Gasteiger partial charge on any atom is -0.450 e. The summed E-state index contributed by atoms with van der Waals surface area (Å²) in [4.78, 5) is 26.7. The van der Waals surface area contributed by atoms with E-state index in [9.17, 15) is 14.0 Å². The predicted molar refractivity (Wildman–Crippen MR) is 87.6 cm³/mol. The van der Waals surface area contributed by atoms with Crippen molar-refractivity contribution < 1.29 is 18.7 Å². The summed E-state index contributed by atoms with van der Waals surface area (Å²) in [5.74, 6) is -0.316. The predicted octanol–water partition coefficient (Wildman–Crippen LogP) is 2.48. The van der Waals surface area contributed by atoms with E-state index in [1.165, 1.54) is 12.1 Å². The van der Waals surface area contributed by atoms with Crippen molar-refractivity contribution in [2.45, 2.75) is 12.1 Å². The molecule has 1 aromatic heterocycles. The van der Waals surface area contributed by atoms with Crippen LogP contribution in [0.15, 0.2) is 29.4 Å². The topological polar surface area (TPSA) is 97.0 Å². The molecule has 2 rings (SSSR count). The maximum Gasteiger partial charge on any atom is 0.413 e. The maximum absolute atomic E-state index is 12.8. The van der Waals surface area contributed by atoms with E-state index < -0.39 is 12.0 Å². The Morgan fingerprint density at radius 1 is 1.33 bits per heavy atom. The van der Waals surface area contributed by atoms with E-state index in [-0.39, 0.29) is 18.2 Å². The van der Waals surface area contributed by atoms with Crippen molar-refractivity contribution in [3.8, 4) is 0 Å². The molecule has 2 aromatic rings. The Morgan fingerprint density at radius 3 is 2.79 bits per heavy atom. The molecule has 0 saturated carbocycles. The first kappa shape index (κ1) is 17.7. The van der Waals surface area contributed by atoms with Crippen LogP contribution in [0.4, 0.5) is 9.18 Å². The first-order chi connectivity index (χ1) is 11.6. The highest BCUT2D eigenvalue weighted by atomic mass is 32.2. The molecule has 126 valence electrons. The summed E-state index contributed by atoms with van der Waals surface area (Å²) in [7, 11) is 0. The normalized spacial score (nSPS) is 10.8. The number of nitrogens with one attached hydrogen (secondary N) is 2. The molecule has 0 aliphatic carbocycles. The molecule has 7 nitrogen and oxygen atoms in total. The van der Waals surface area contributed by atoms with Crippen LogP contribution in [0.25, 0.3) is 12.2 Å². The fourth-order valence-corrected chi connectivity index (χ4v) is 2.20. The number of carbonyl (C=O) groups is 2. The van der Waals surface area contributed by atoms with Crippen LogP contribution < -0.4 is 5.32 Å². The lowest BCUT2D eigenvalue weighted by Crippen LogP contribution is -2.32. The highest BCUT2D eigenvalue weighted by molar-refractivity contribution is 7.99. The van der Waals surface area contributed by atoms with Gasteiger partial charge in [0.05, 0.1) is 12.4 Å². The summed E-state index contributed by atoms with van der Waals surface area (Å²) in [5.41, 5.74) is 0.816. The number of alkyl carbamates (subject to hydrolysis) is 1. The SMILES string of the molecule is CCOC(=O)NC(=O)CSc1n[nH]c(C=Cc2ccc(F)cc2)n1. The first-order valence-electron chi connectivity index (χ1n) is 7.02. The molecule has 1 aromatic carbocycles. The summed E-state index contributed by atoms with van der Waals surface area (Å²) in [5, 5.41) is 9.10. The number of halogens is 1. The lowest BCUT2D eigenvalue weighted by atomic mass is 10.2. The second-order valence-electron chi connectivity index (χ2n) is 4.45. The second-order valence-corrected chi connectivity index (χ2v) is 5.39. The standard InChI is InChI=1S/C15H15FN4O3S/c1-2-23-15(22)18-13(21)9-24-14-17-12(19-20-14)8-5-10-3-6-11(16)7-4-10/h3-8H,2,9H2,1H3,(H,17,19,20)(H,18,21,22). The number of amides is 2. The van der Waals surface area contributed by atoms with Crippen LogP contribution in [0.2, 0.25) is 0 Å². The van der Waals surface area contributed by atoms with E-state index in [2.05, 4.69) is 25.2 Å². The van der Waals surface area contributed by atoms with Crippen LogP contribution in [0, 0.1) is 5.82 Å². The molecule has 0 aliphatic rings. The van der Waals surface area contributed by atoms with Gasteiger partial charge in [-0.15, -0.1) is 5.10 Å². The van der Waals surface area contributed by atoms with Crippen molar-refractivity contribution in [3.05, 3.63) is 41.5 Å². The quantitative estimate of drug-likeness (QED) is 0.777. The minimum atomic E-state index is -0.777. The van der Waals surface area contributed by atoms with Crippen molar-refractivity contribution in [2.24, 2.45) is 0 Å². The molecule has 1 heterocycles. The Bertz CT molecular complexity index is 731. The average molecular weight is 350 g/mol. The summed E-state index contributed by atoms with van der Waals surface area (Å²) in [6.45, 7) is 1.84. The van der Waals surface area contributed by atoms with Gasteiger partial charge in [-0.2, -0.15) is 0 Å². The Labute approximate surface area is 141 Å². The zero-order valence-electron chi connectivity index (χ0n) is 12.8. The molecule has 0 aliphatic heterocycles. The number of hydrogen-bond acceptors (Lipinski definition) is 6. The van der Waals surface area contributed by atoms with Crippen LogP contribution in [0.5, 0.6) is 0 Å². The van der Waals surface area contributed by atoms with E-state index in [0.717, 1.165) is 17.3 Å². The Balaban J connectivity index is 1.83. The molecule has 0 spiro atoms. The molecule has 0 unspecified atom stereocenters. The number of nitrogens with zero attached hydrogens (tertiary/aromatic N) is 2. The smallest absolute Gasteiger partial charge is 0.413 e. The molecular formula is C15H15FN4O3S. The number of benzene rings is 1. The molecule has 0 fully saturated rings. The summed E-state index contributed by atoms with van der Waals surface area (Å²) in [6.07, 6.45) is 2.66. The number of thioether (sulfide) groups is 1. The number of ether oxygens (including phenoxy) is 1. The monoisotopic (exact) mass is 350 g/mol. The molecule has 0 atom stereocenters. The molecule has 2 N–H and O–H groups in total. The lowest BCUT2D eigenvalue weighted by Gasteiger charge is -2.02. The third kappa shape index (κ3) is 5.84. The van der Waals surface area contributed by atoms with Crippen LogP contribution in [0.3, 0.4) is 0 Å². The van der Waals surface area contributed by atoms with Gasteiger partial charge in [-0.3, -0.25) is 15.2 Å². The van der Waals surface area contributed by atoms with E-state index >= 15 is 0 Å². The number of carbonyl (C=O) groups excluding carboxylic acids is 2. The number of imide groups is 1. The fourth-order valence-electron chi connectivity index (χ4n) is 1.59. The number of aromatic amines is 1. The number of rotatable bonds is 6. The van der Waals surface area contributed by atoms with Gasteiger partial charge in [0.1, 0.15) is 11.6 Å². The van der Waals surface area contributed by atoms with Gasteiger partial charge in [-0.1, -0.05) is 30.0 Å². The molecular weight excluding hydrogens is 335 g/mol. The maximum atomic E-state index is 12.8. The van der Waals surface area contributed by atoms with Crippen molar-refractivity contribution in [2.75, 3.05) is 12.4 Å². The van der Waals surface area contributed by atoms with E-state index in [1.54, 1.807) is 31.2 Å². The molecule has 24 heavy (non-hydrogen) atoms. The Morgan fingerprint density at radius 2 is 2.08 bits per heavy atom. The fraction of sp³-hybridized carbons (Fsp3) is 0.200. The molecule has 0 bridgehead atoms. The highest BCUT2D eigenvalue weighted by Crippen LogP contribution is 2.13. The Hall–Kier alpha value is -2.68. The van der Waals surface area contributed by atoms with Crippen molar-refractivity contribution in [1.29, 1.82) is 0 Å². The molecule has 0 saturated heterocycles. The molecule has 0 radical (unpaired) electrons. The van der Waals surface area contributed by atoms with Gasteiger partial charge in [0, 0.05) is 0 Å². The van der Waals surface area contributed by atoms with Gasteiger partial charge in [0.2, 0.25) is 11.1 Å². The van der Waals surface area contributed by atoms with Crippen molar-refractivity contribution in [1.82, 2.24) is 20.5 Å². The van der Waals surface area contributed by atoms with Crippen molar-refractivity contribution in [3.63, 3.8) is 0 Å². The third-order valence-electron chi connectivity index (χ3n) is 2.64. The van der Waals surface area contributed by atoms with Gasteiger partial charge in [-0.05, 0) is 30.7 Å². The number of hydrogen-bond donors (Lipinski definition) is 2. The summed E-state index contributed by atoms with van der Waals surface area (Å²) >= 11 is 1.08. The first-order valence-corrected chi connectivity index (χ1v) is 8.01. The van der Waals surface area contributed by atoms with Crippen molar-refractivity contribution >= 4 is 35.9 Å². The second kappa shape index (κ2) is 8.82. The number of H-pyrrole nitrogens is 1. The zero-order valence-corrected chi connectivity index (χ0v) is 13.6. The Kier molecular flexibility index (Phi) is 6.50. The van der Waals surface area contributed by atoms with Gasteiger partial charge < -0.3 is 4.74 Å². The van der Waals surface area contributed by atoms with Crippen LogP contribution >= 0.6 is 11.8 Å². The highest BCUT2D eigenvalue weighted by Gasteiger charge is 2.10. The minimum absolute atomic E-state index is 0.0161. The average Bonchev–Trinajstić information content (AvgIpc) is 3.00. The van der Waals surface area contributed by atoms with Gasteiger partial charge >= 0.3 is 6.09 Å². The van der Waals surface area contributed by atoms with E-state index in [4.69, 9.17) is 0 Å². The van der Waals surface area contributed by atoms with Gasteiger partial charge in [-0.25, -0.2) is 14.2 Å².